The van der Waals surface area contributed by atoms with E-state index in [1.165, 1.54) is 7.48 Å². The zero-order valence-corrected chi connectivity index (χ0v) is 17.0. The molecule has 0 fully saturated rings. The predicted octanol–water partition coefficient (Wildman–Crippen LogP) is 1.31. The molecule has 2 aromatic rings. The molecule has 2 atom stereocenters. The van der Waals surface area contributed by atoms with Crippen LogP contribution >= 0.6 is 0 Å². The summed E-state index contributed by atoms with van der Waals surface area (Å²) < 4.78 is 10.8. The Morgan fingerprint density at radius 2 is 1.40 bits per heavy atom. The monoisotopic (exact) mass is 413 g/mol. The van der Waals surface area contributed by atoms with Crippen LogP contribution in [0.5, 0.6) is 0 Å². The minimum Gasteiger partial charge on any atom is -0.481 e. The van der Waals surface area contributed by atoms with Crippen LogP contribution in [-0.2, 0) is 32.2 Å². The molecule has 0 bridgehead atoms. The van der Waals surface area contributed by atoms with Crippen molar-refractivity contribution in [1.82, 2.24) is 10.6 Å². The van der Waals surface area contributed by atoms with Gasteiger partial charge in [-0.25, -0.2) is 0 Å². The van der Waals surface area contributed by atoms with Crippen LogP contribution in [0.25, 0.3) is 11.1 Å². The molecule has 9 heteroatoms. The number of carboxylic acids is 2. The van der Waals surface area contributed by atoms with Gasteiger partial charge in [-0.05, 0) is 36.3 Å². The summed E-state index contributed by atoms with van der Waals surface area (Å²) in [7, 11) is 4.41. The Morgan fingerprint density at radius 1 is 0.867 bits per heavy atom. The highest BCUT2D eigenvalue weighted by Gasteiger charge is 2.17. The van der Waals surface area contributed by atoms with Crippen LogP contribution in [0, 0.1) is 0 Å². The summed E-state index contributed by atoms with van der Waals surface area (Å²) in [6.45, 7) is 0.713. The molecule has 2 aromatic carbocycles. The smallest absolute Gasteiger partial charge is 0.323 e. The molecule has 0 aliphatic heterocycles. The van der Waals surface area contributed by atoms with Crippen LogP contribution in [0.4, 0.5) is 0 Å². The van der Waals surface area contributed by atoms with Crippen LogP contribution in [-0.4, -0.2) is 62.3 Å². The largest absolute Gasteiger partial charge is 0.481 e. The second-order valence-corrected chi connectivity index (χ2v) is 6.64. The van der Waals surface area contributed by atoms with Crippen molar-refractivity contribution in [3.05, 3.63) is 59.7 Å². The molecule has 4 N–H and O–H groups in total. The fourth-order valence-electron chi connectivity index (χ4n) is 2.65. The maximum atomic E-state index is 10.9. The zero-order valence-electron chi connectivity index (χ0n) is 17.0. The molecule has 0 aromatic heterocycles. The van der Waals surface area contributed by atoms with E-state index in [0.717, 1.165) is 22.3 Å². The number of carboxylic acid groups (broad SMARTS) is 2. The van der Waals surface area contributed by atoms with Gasteiger partial charge in [0.25, 0.3) is 0 Å². The van der Waals surface area contributed by atoms with Gasteiger partial charge in [-0.3, -0.25) is 9.59 Å². The number of likely N-dealkylation sites (N-methyl/N-ethyl adjacent to an activating group) is 2. The number of ether oxygens (including phenoxy) is 1. The predicted molar refractivity (Wildman–Crippen MR) is 113 cm³/mol. The van der Waals surface area contributed by atoms with Crippen LogP contribution in [0.3, 0.4) is 0 Å². The molecule has 0 saturated carbocycles. The van der Waals surface area contributed by atoms with Gasteiger partial charge >= 0.3 is 19.4 Å². The first-order chi connectivity index (χ1) is 14.4. The Balaban J connectivity index is 1.84. The number of benzene rings is 2. The maximum absolute atomic E-state index is 10.9. The van der Waals surface area contributed by atoms with Gasteiger partial charge in [-0.2, -0.15) is 0 Å². The third-order valence-electron chi connectivity index (χ3n) is 4.50. The highest BCUT2D eigenvalue weighted by Crippen LogP contribution is 2.21. The fraction of sp³-hybridized carbons (Fsp3) is 0.333. The molecule has 0 amide bonds. The van der Waals surface area contributed by atoms with Crippen LogP contribution < -0.4 is 10.6 Å². The average molecular weight is 413 g/mol. The van der Waals surface area contributed by atoms with E-state index in [1.54, 1.807) is 14.1 Å². The highest BCUT2D eigenvalue weighted by molar-refractivity contribution is 6.36. The molecule has 2 rings (SSSR count). The Labute approximate surface area is 176 Å². The van der Waals surface area contributed by atoms with Gasteiger partial charge in [0.1, 0.15) is 12.0 Å². The van der Waals surface area contributed by atoms with E-state index in [4.69, 9.17) is 19.6 Å². The second-order valence-electron chi connectivity index (χ2n) is 6.64. The molecule has 0 saturated heterocycles. The van der Waals surface area contributed by atoms with E-state index in [9.17, 15) is 9.59 Å². The van der Waals surface area contributed by atoms with E-state index < -0.39 is 23.9 Å². The average Bonchev–Trinajstić information content (AvgIpc) is 2.74. The van der Waals surface area contributed by atoms with Crippen molar-refractivity contribution in [2.75, 3.05) is 20.7 Å². The van der Waals surface area contributed by atoms with E-state index in [-0.39, 0.29) is 13.2 Å². The fourth-order valence-corrected chi connectivity index (χ4v) is 2.65. The van der Waals surface area contributed by atoms with Crippen molar-refractivity contribution in [2.45, 2.75) is 25.2 Å². The van der Waals surface area contributed by atoms with Gasteiger partial charge < -0.3 is 30.2 Å². The number of nitrogens with one attached hydrogen (secondary N) is 2. The van der Waals surface area contributed by atoms with Gasteiger partial charge in [-0.15, -0.1) is 0 Å². The molecule has 8 nitrogen and oxygen atoms in total. The molecule has 0 heterocycles. The third kappa shape index (κ3) is 7.27. The summed E-state index contributed by atoms with van der Waals surface area (Å²) in [5.41, 5.74) is 3.96. The molecule has 159 valence electrons. The van der Waals surface area contributed by atoms with Crippen molar-refractivity contribution < 1.29 is 29.2 Å². The first-order valence-corrected chi connectivity index (χ1v) is 9.45. The lowest BCUT2D eigenvalue weighted by molar-refractivity contribution is -0.141. The summed E-state index contributed by atoms with van der Waals surface area (Å²) in [5.74, 6) is -2.78. The number of aliphatic carboxylic acids is 2. The quantitative estimate of drug-likeness (QED) is 0.363. The molecule has 30 heavy (non-hydrogen) atoms. The number of hydrogen-bond donors (Lipinski definition) is 4. The lowest BCUT2D eigenvalue weighted by atomic mass is 9.88. The standard InChI is InChI=1S/C21H26BN2O6/c1-23-18(20(25)26)13-29-11-14-3-7-16(8-4-14)17-9-5-15(6-10-17)12-30-22-19(24-2)21(27)28/h3-10,18-19,23-24H,11-13H2,1-2H3,(H,25,26)(H,27,28)/t18-,19?/m0/s1. The summed E-state index contributed by atoms with van der Waals surface area (Å²) in [6.07, 6.45) is 0. The van der Waals surface area contributed by atoms with Crippen molar-refractivity contribution in [1.29, 1.82) is 0 Å². The highest BCUT2D eigenvalue weighted by atomic mass is 16.5. The molecule has 0 spiro atoms. The molecule has 1 unspecified atom stereocenters. The zero-order chi connectivity index (χ0) is 21.9. The molecule has 0 aliphatic rings. The second kappa shape index (κ2) is 12.1. The van der Waals surface area contributed by atoms with E-state index >= 15 is 0 Å². The van der Waals surface area contributed by atoms with Crippen molar-refractivity contribution in [2.24, 2.45) is 0 Å². The van der Waals surface area contributed by atoms with Gasteiger partial charge in [-0.1, -0.05) is 48.5 Å². The topological polar surface area (TPSA) is 117 Å². The van der Waals surface area contributed by atoms with Crippen LogP contribution in [0.15, 0.2) is 48.5 Å². The lowest BCUT2D eigenvalue weighted by Crippen LogP contribution is -2.40. The summed E-state index contributed by atoms with van der Waals surface area (Å²) >= 11 is 0. The molecular weight excluding hydrogens is 387 g/mol. The maximum Gasteiger partial charge on any atom is 0.323 e. The van der Waals surface area contributed by atoms with Crippen molar-refractivity contribution >= 4 is 19.4 Å². The van der Waals surface area contributed by atoms with Crippen LogP contribution in [0.2, 0.25) is 0 Å². The van der Waals surface area contributed by atoms with Gasteiger partial charge in [0.15, 0.2) is 0 Å². The number of carbonyl (C=O) groups is 2. The van der Waals surface area contributed by atoms with E-state index in [2.05, 4.69) is 10.6 Å². The van der Waals surface area contributed by atoms with Crippen molar-refractivity contribution in [3.8, 4) is 11.1 Å². The minimum absolute atomic E-state index is 0.0933. The molecular formula is C21H26BN2O6. The SMILES string of the molecule is CNC([B]OCc1ccc(-c2ccc(COC[C@H](NC)C(=O)O)cc2)cc1)C(=O)O. The minimum atomic E-state index is -0.995. The van der Waals surface area contributed by atoms with Crippen LogP contribution in [0.1, 0.15) is 11.1 Å². The molecule has 1 radical (unpaired) electrons. The molecule has 0 aliphatic carbocycles. The van der Waals surface area contributed by atoms with E-state index in [1.807, 2.05) is 48.5 Å². The first-order valence-electron chi connectivity index (χ1n) is 9.45. The Morgan fingerprint density at radius 3 is 1.83 bits per heavy atom. The van der Waals surface area contributed by atoms with Crippen molar-refractivity contribution in [3.63, 3.8) is 0 Å². The Hall–Kier alpha value is -2.72. The lowest BCUT2D eigenvalue weighted by Gasteiger charge is -2.12. The summed E-state index contributed by atoms with van der Waals surface area (Å²) in [6, 6.07) is 14.9. The Kier molecular flexibility index (Phi) is 9.49. The Bertz CT molecular complexity index is 744. The first kappa shape index (κ1) is 23.6. The normalized spacial score (nSPS) is 12.9. The van der Waals surface area contributed by atoms with Gasteiger partial charge in [0.05, 0.1) is 19.8 Å². The van der Waals surface area contributed by atoms with Gasteiger partial charge in [0, 0.05) is 0 Å². The number of hydrogen-bond acceptors (Lipinski definition) is 6. The summed E-state index contributed by atoms with van der Waals surface area (Å²) in [4.78, 5) is 21.9. The number of rotatable bonds is 13. The van der Waals surface area contributed by atoms with E-state index in [0.29, 0.717) is 6.61 Å². The third-order valence-corrected chi connectivity index (χ3v) is 4.50. The van der Waals surface area contributed by atoms with Gasteiger partial charge in [0.2, 0.25) is 0 Å². The summed E-state index contributed by atoms with van der Waals surface area (Å²) in [5, 5.41) is 23.2.